The molecule has 2 saturated heterocycles. The molecule has 5 unspecified atom stereocenters. The SMILES string of the molecule is COCCCN1CCOc2ccc(C(OC3CNCC(OCCc4nn[nH]n4)C3c3ccc(OC4CCN(c5cccc(F)c5)C4)cc3)S(=O)(=O)c3ccc(C)cc3)cc21. The Hall–Kier alpha value is -5.13. The van der Waals surface area contributed by atoms with Gasteiger partial charge in [0.05, 0.1) is 42.5 Å². The fraction of sp³-hybridized carbons (Fsp3) is 0.432. The number of aromatic nitrogens is 4. The van der Waals surface area contributed by atoms with Crippen molar-refractivity contribution < 1.29 is 36.5 Å². The summed E-state index contributed by atoms with van der Waals surface area (Å²) >= 11 is 0. The number of aromatic amines is 1. The second-order valence-electron chi connectivity index (χ2n) is 15.5. The van der Waals surface area contributed by atoms with Crippen molar-refractivity contribution in [1.29, 1.82) is 0 Å². The number of anilines is 2. The van der Waals surface area contributed by atoms with Gasteiger partial charge in [-0.05, 0) is 79.1 Å². The number of piperidine rings is 1. The van der Waals surface area contributed by atoms with Crippen molar-refractivity contribution in [2.45, 2.75) is 60.7 Å². The number of sulfone groups is 1. The Kier molecular flexibility index (Phi) is 13.2. The molecule has 2 N–H and O–H groups in total. The van der Waals surface area contributed by atoms with Crippen LogP contribution in [0.15, 0.2) is 95.9 Å². The summed E-state index contributed by atoms with van der Waals surface area (Å²) in [6.07, 6.45) is 0.951. The number of benzene rings is 4. The van der Waals surface area contributed by atoms with Gasteiger partial charge in [0.15, 0.2) is 11.3 Å². The fourth-order valence-corrected chi connectivity index (χ4v) is 9.83. The highest BCUT2D eigenvalue weighted by molar-refractivity contribution is 7.91. The number of fused-ring (bicyclic) bond motifs is 1. The first-order valence-corrected chi connectivity index (χ1v) is 22.1. The van der Waals surface area contributed by atoms with Crippen LogP contribution in [0.25, 0.3) is 0 Å². The normalized spacial score (nSPS) is 21.1. The van der Waals surface area contributed by atoms with E-state index in [1.165, 1.54) is 6.07 Å². The number of halogens is 1. The number of tetrazole rings is 1. The second-order valence-corrected chi connectivity index (χ2v) is 17.5. The molecule has 4 aromatic carbocycles. The molecule has 8 rings (SSSR count). The maximum atomic E-state index is 14.8. The van der Waals surface area contributed by atoms with Gasteiger partial charge in [-0.2, -0.15) is 5.21 Å². The van der Waals surface area contributed by atoms with Crippen molar-refractivity contribution in [2.75, 3.05) is 76.0 Å². The van der Waals surface area contributed by atoms with Gasteiger partial charge < -0.3 is 38.8 Å². The maximum Gasteiger partial charge on any atom is 0.209 e. The standard InChI is InChI=1S/C44H52FN7O7S/c1-30-7-14-37(15-8-30)60(53,54)44(32-11-16-39-38(25-32)51(21-24-57-39)19-4-22-55-2)59-41-28-46-27-40(56-23-18-42-47-49-50-48-42)43(41)31-9-12-35(13-10-31)58-36-17-20-52(29-36)34-6-3-5-33(45)26-34/h3,5-16,25-26,36,40-41,43-44,46H,4,17-24,27-29H2,1-2H3,(H,47,48,49,50). The van der Waals surface area contributed by atoms with E-state index in [9.17, 15) is 12.8 Å². The average Bonchev–Trinajstić information content (AvgIpc) is 3.96. The van der Waals surface area contributed by atoms with Crippen LogP contribution in [0.4, 0.5) is 15.8 Å². The van der Waals surface area contributed by atoms with Crippen LogP contribution in [-0.2, 0) is 30.5 Å². The Morgan fingerprint density at radius 1 is 0.967 bits per heavy atom. The number of nitrogens with zero attached hydrogens (tertiary/aromatic N) is 5. The summed E-state index contributed by atoms with van der Waals surface area (Å²) in [5.41, 5.74) is 2.67. The predicted molar refractivity (Wildman–Crippen MR) is 224 cm³/mol. The van der Waals surface area contributed by atoms with E-state index in [1.54, 1.807) is 49.6 Å². The molecule has 5 aromatic rings. The summed E-state index contributed by atoms with van der Waals surface area (Å²) in [6.45, 7) is 7.06. The lowest BCUT2D eigenvalue weighted by atomic mass is 9.85. The Labute approximate surface area is 350 Å². The van der Waals surface area contributed by atoms with Crippen molar-refractivity contribution in [3.05, 3.63) is 119 Å². The number of nitrogens with one attached hydrogen (secondary N) is 2. The lowest BCUT2D eigenvalue weighted by Crippen LogP contribution is -2.51. The van der Waals surface area contributed by atoms with E-state index in [4.69, 9.17) is 23.7 Å². The van der Waals surface area contributed by atoms with Crippen LogP contribution in [0, 0.1) is 12.7 Å². The fourth-order valence-electron chi connectivity index (χ4n) is 8.28. The highest BCUT2D eigenvalue weighted by Crippen LogP contribution is 2.41. The predicted octanol–water partition coefficient (Wildman–Crippen LogP) is 5.41. The second kappa shape index (κ2) is 19.1. The molecular formula is C44H52FN7O7S. The largest absolute Gasteiger partial charge is 0.490 e. The van der Waals surface area contributed by atoms with E-state index in [2.05, 4.69) is 35.7 Å². The molecule has 5 atom stereocenters. The Bertz CT molecular complexity index is 2270. The number of rotatable bonds is 17. The molecular weight excluding hydrogens is 790 g/mol. The lowest BCUT2D eigenvalue weighted by molar-refractivity contribution is -0.0637. The Morgan fingerprint density at radius 2 is 1.80 bits per heavy atom. The highest BCUT2D eigenvalue weighted by atomic mass is 32.2. The molecule has 14 nitrogen and oxygen atoms in total. The first kappa shape index (κ1) is 41.6. The minimum Gasteiger partial charge on any atom is -0.490 e. The van der Waals surface area contributed by atoms with E-state index >= 15 is 0 Å². The van der Waals surface area contributed by atoms with Gasteiger partial charge in [0.2, 0.25) is 9.84 Å². The molecule has 16 heteroatoms. The summed E-state index contributed by atoms with van der Waals surface area (Å²) in [7, 11) is -2.41. The minimum absolute atomic E-state index is 0.0686. The molecule has 2 fully saturated rings. The van der Waals surface area contributed by atoms with Crippen LogP contribution in [0.5, 0.6) is 11.5 Å². The third-order valence-corrected chi connectivity index (χ3v) is 13.2. The molecule has 0 bridgehead atoms. The van der Waals surface area contributed by atoms with Crippen molar-refractivity contribution >= 4 is 21.2 Å². The third kappa shape index (κ3) is 9.74. The summed E-state index contributed by atoms with van der Waals surface area (Å²) in [5.74, 6) is 1.30. The smallest absolute Gasteiger partial charge is 0.209 e. The van der Waals surface area contributed by atoms with Crippen LogP contribution < -0.4 is 24.6 Å². The van der Waals surface area contributed by atoms with E-state index in [0.717, 1.165) is 48.4 Å². The number of hydrogen-bond donors (Lipinski definition) is 2. The van der Waals surface area contributed by atoms with Crippen molar-refractivity contribution in [1.82, 2.24) is 25.9 Å². The number of H-pyrrole nitrogens is 1. The van der Waals surface area contributed by atoms with Crippen LogP contribution in [0.1, 0.15) is 46.7 Å². The van der Waals surface area contributed by atoms with Crippen molar-refractivity contribution in [3.63, 3.8) is 0 Å². The monoisotopic (exact) mass is 841 g/mol. The van der Waals surface area contributed by atoms with Gasteiger partial charge in [-0.15, -0.1) is 10.2 Å². The molecule has 318 valence electrons. The number of aryl methyl sites for hydroxylation is 1. The summed E-state index contributed by atoms with van der Waals surface area (Å²) in [6, 6.07) is 26.9. The van der Waals surface area contributed by atoms with E-state index in [1.807, 2.05) is 49.4 Å². The van der Waals surface area contributed by atoms with Gasteiger partial charge >= 0.3 is 0 Å². The van der Waals surface area contributed by atoms with Gasteiger partial charge in [-0.25, -0.2) is 12.8 Å². The zero-order chi connectivity index (χ0) is 41.5. The number of ether oxygens (including phenoxy) is 5. The summed E-state index contributed by atoms with van der Waals surface area (Å²) in [4.78, 5) is 4.51. The van der Waals surface area contributed by atoms with Crippen LogP contribution in [0.3, 0.4) is 0 Å². The summed E-state index contributed by atoms with van der Waals surface area (Å²) < 4.78 is 75.0. The summed E-state index contributed by atoms with van der Waals surface area (Å²) in [5, 5.41) is 17.8. The zero-order valence-electron chi connectivity index (χ0n) is 33.9. The van der Waals surface area contributed by atoms with Gasteiger partial charge in [-0.1, -0.05) is 47.2 Å². The van der Waals surface area contributed by atoms with Gasteiger partial charge in [-0.3, -0.25) is 0 Å². The van der Waals surface area contributed by atoms with Gasteiger partial charge in [0, 0.05) is 64.3 Å². The average molecular weight is 842 g/mol. The molecule has 3 aliphatic rings. The number of methoxy groups -OCH3 is 1. The van der Waals surface area contributed by atoms with E-state index in [-0.39, 0.29) is 22.7 Å². The third-order valence-electron chi connectivity index (χ3n) is 11.3. The van der Waals surface area contributed by atoms with Gasteiger partial charge in [0.1, 0.15) is 30.0 Å². The van der Waals surface area contributed by atoms with E-state index in [0.29, 0.717) is 75.3 Å². The first-order chi connectivity index (χ1) is 29.2. The lowest BCUT2D eigenvalue weighted by Gasteiger charge is -2.40. The molecule has 0 saturated carbocycles. The quantitative estimate of drug-likeness (QED) is 0.115. The Morgan fingerprint density at radius 3 is 2.58 bits per heavy atom. The molecule has 0 spiro atoms. The molecule has 0 radical (unpaired) electrons. The van der Waals surface area contributed by atoms with Crippen LogP contribution in [-0.4, -0.2) is 114 Å². The molecule has 1 aromatic heterocycles. The molecule has 60 heavy (non-hydrogen) atoms. The molecule has 3 aliphatic heterocycles. The van der Waals surface area contributed by atoms with Crippen LogP contribution in [0.2, 0.25) is 0 Å². The van der Waals surface area contributed by atoms with Crippen molar-refractivity contribution in [3.8, 4) is 11.5 Å². The molecule has 0 aliphatic carbocycles. The topological polar surface area (TPSA) is 153 Å². The molecule has 0 amide bonds. The first-order valence-electron chi connectivity index (χ1n) is 20.5. The molecule has 4 heterocycles. The van der Waals surface area contributed by atoms with E-state index < -0.39 is 27.5 Å². The van der Waals surface area contributed by atoms with Crippen molar-refractivity contribution in [2.24, 2.45) is 0 Å². The zero-order valence-corrected chi connectivity index (χ0v) is 34.7. The Balaban J connectivity index is 1.09. The minimum atomic E-state index is -4.09. The number of hydrogen-bond acceptors (Lipinski definition) is 13. The highest BCUT2D eigenvalue weighted by Gasteiger charge is 2.41. The van der Waals surface area contributed by atoms with Gasteiger partial charge in [0.25, 0.3) is 0 Å². The maximum absolute atomic E-state index is 14.8. The van der Waals surface area contributed by atoms with Crippen LogP contribution >= 0.6 is 0 Å².